The molecular formula is C10H18IO-. The van der Waals surface area contributed by atoms with Crippen LogP contribution in [0.5, 0.6) is 0 Å². The zero-order valence-corrected chi connectivity index (χ0v) is 9.97. The Morgan fingerprint density at radius 1 is 1.33 bits per heavy atom. The summed E-state index contributed by atoms with van der Waals surface area (Å²) in [5, 5.41) is 0. The van der Waals surface area contributed by atoms with E-state index < -0.39 is 0 Å². The van der Waals surface area contributed by atoms with E-state index in [4.69, 9.17) is 0 Å². The van der Waals surface area contributed by atoms with Crippen molar-refractivity contribution in [2.24, 2.45) is 5.92 Å². The Hall–Kier alpha value is 0.400. The molecule has 0 saturated heterocycles. The number of rotatable bonds is 4. The van der Waals surface area contributed by atoms with E-state index in [0.29, 0.717) is 9.71 Å². The van der Waals surface area contributed by atoms with E-state index in [0.717, 1.165) is 0 Å². The van der Waals surface area contributed by atoms with Crippen LogP contribution in [-0.2, 0) is 4.79 Å². The predicted octanol–water partition coefficient (Wildman–Crippen LogP) is -0.408. The fourth-order valence-electron chi connectivity index (χ4n) is 1.63. The van der Waals surface area contributed by atoms with Crippen molar-refractivity contribution in [2.75, 3.05) is 4.43 Å². The summed E-state index contributed by atoms with van der Waals surface area (Å²) in [6.07, 6.45) is 7.55. The van der Waals surface area contributed by atoms with Gasteiger partial charge in [0.1, 0.15) is 0 Å². The second-order valence-corrected chi connectivity index (χ2v) is 6.37. The van der Waals surface area contributed by atoms with Crippen LogP contribution in [0.3, 0.4) is 0 Å². The Labute approximate surface area is 85.6 Å². The summed E-state index contributed by atoms with van der Waals surface area (Å²) in [5.41, 5.74) is 0. The van der Waals surface area contributed by atoms with Crippen LogP contribution in [0.15, 0.2) is 0 Å². The topological polar surface area (TPSA) is 17.1 Å². The number of alkyl halides is 1. The molecule has 0 aromatic heterocycles. The van der Waals surface area contributed by atoms with Crippen LogP contribution in [0, 0.1) is 5.92 Å². The van der Waals surface area contributed by atoms with Crippen LogP contribution < -0.4 is 21.2 Å². The first-order valence-corrected chi connectivity index (χ1v) is 7.58. The summed E-state index contributed by atoms with van der Waals surface area (Å²) in [4.78, 5) is 11.6. The van der Waals surface area contributed by atoms with Crippen LogP contribution in [0.4, 0.5) is 0 Å². The van der Waals surface area contributed by atoms with Gasteiger partial charge in [0.25, 0.3) is 0 Å². The second kappa shape index (κ2) is 5.95. The molecule has 1 aliphatic rings. The fourth-order valence-corrected chi connectivity index (χ4v) is 3.94. The number of hydrogen-bond acceptors (Lipinski definition) is 1. The molecule has 1 fully saturated rings. The van der Waals surface area contributed by atoms with Crippen molar-refractivity contribution in [1.29, 1.82) is 0 Å². The third kappa shape index (κ3) is 3.42. The van der Waals surface area contributed by atoms with E-state index in [-0.39, 0.29) is 21.2 Å². The molecule has 0 amide bonds. The summed E-state index contributed by atoms with van der Waals surface area (Å²) in [6, 6.07) is 0. The zero-order valence-electron chi connectivity index (χ0n) is 7.81. The summed E-state index contributed by atoms with van der Waals surface area (Å²) in [5.74, 6) is 0.484. The Morgan fingerprint density at radius 2 is 2.00 bits per heavy atom. The number of carbonyl (C=O) groups is 1. The van der Waals surface area contributed by atoms with Gasteiger partial charge in [-0.2, -0.15) is 0 Å². The van der Waals surface area contributed by atoms with Crippen molar-refractivity contribution in [3.8, 4) is 0 Å². The molecule has 2 heteroatoms. The van der Waals surface area contributed by atoms with Gasteiger partial charge in [-0.3, -0.25) is 0 Å². The third-order valence-corrected chi connectivity index (χ3v) is 5.59. The van der Waals surface area contributed by atoms with E-state index in [2.05, 4.69) is 6.92 Å². The fraction of sp³-hybridized carbons (Fsp3) is 0.900. The first kappa shape index (κ1) is 10.5. The van der Waals surface area contributed by atoms with Gasteiger partial charge < -0.3 is 0 Å². The van der Waals surface area contributed by atoms with Gasteiger partial charge in [-0.1, -0.05) is 0 Å². The van der Waals surface area contributed by atoms with Crippen molar-refractivity contribution in [2.45, 2.75) is 45.4 Å². The summed E-state index contributed by atoms with van der Waals surface area (Å²) >= 11 is -0.102. The van der Waals surface area contributed by atoms with E-state index in [9.17, 15) is 4.79 Å². The van der Waals surface area contributed by atoms with Crippen LogP contribution in [0.25, 0.3) is 0 Å². The summed E-state index contributed by atoms with van der Waals surface area (Å²) in [7, 11) is 0. The molecule has 0 bridgehead atoms. The quantitative estimate of drug-likeness (QED) is 0.389. The molecule has 0 heterocycles. The Morgan fingerprint density at radius 3 is 2.58 bits per heavy atom. The van der Waals surface area contributed by atoms with Gasteiger partial charge in [-0.25, -0.2) is 0 Å². The van der Waals surface area contributed by atoms with Crippen LogP contribution in [0.1, 0.15) is 45.4 Å². The number of halogens is 1. The van der Waals surface area contributed by atoms with Gasteiger partial charge >= 0.3 is 85.6 Å². The monoisotopic (exact) mass is 281 g/mol. The van der Waals surface area contributed by atoms with Crippen molar-refractivity contribution >= 4 is 3.79 Å². The molecule has 0 unspecified atom stereocenters. The Kier molecular flexibility index (Phi) is 5.19. The third-order valence-electron chi connectivity index (χ3n) is 2.34. The van der Waals surface area contributed by atoms with Crippen molar-refractivity contribution in [3.63, 3.8) is 0 Å². The van der Waals surface area contributed by atoms with Crippen LogP contribution in [-0.4, -0.2) is 8.22 Å². The number of hydrogen-bond donors (Lipinski definition) is 0. The molecule has 1 nitrogen and oxygen atoms in total. The standard InChI is InChI=1S/C10H18IO/c1-2-8-11-10(12)9-6-4-3-5-7-9/h9H,2-8H2,1H3/q-1. The molecule has 0 aromatic rings. The Bertz CT molecular complexity index is 139. The van der Waals surface area contributed by atoms with Gasteiger partial charge in [0, 0.05) is 0 Å². The van der Waals surface area contributed by atoms with Crippen molar-refractivity contribution < 1.29 is 26.0 Å². The second-order valence-electron chi connectivity index (χ2n) is 3.46. The molecule has 0 N–H and O–H groups in total. The predicted molar refractivity (Wildman–Crippen MR) is 46.7 cm³/mol. The van der Waals surface area contributed by atoms with E-state index in [1.165, 1.54) is 43.0 Å². The normalized spacial score (nSPS) is 19.8. The number of carbonyl (C=O) groups excluding carboxylic acids is 1. The molecule has 0 spiro atoms. The van der Waals surface area contributed by atoms with Gasteiger partial charge in [0.15, 0.2) is 0 Å². The molecule has 1 saturated carbocycles. The molecule has 0 atom stereocenters. The molecule has 0 aliphatic heterocycles. The van der Waals surface area contributed by atoms with Gasteiger partial charge in [0.05, 0.1) is 0 Å². The van der Waals surface area contributed by atoms with Crippen molar-refractivity contribution in [1.82, 2.24) is 0 Å². The first-order chi connectivity index (χ1) is 5.84. The molecule has 1 rings (SSSR count). The molecule has 72 valence electrons. The van der Waals surface area contributed by atoms with E-state index in [1.807, 2.05) is 0 Å². The molecular weight excluding hydrogens is 263 g/mol. The summed E-state index contributed by atoms with van der Waals surface area (Å²) < 4.78 is 1.85. The molecule has 0 radical (unpaired) electrons. The average molecular weight is 281 g/mol. The zero-order chi connectivity index (χ0) is 8.81. The van der Waals surface area contributed by atoms with E-state index >= 15 is 0 Å². The maximum absolute atomic E-state index is 11.6. The Balaban J connectivity index is 2.20. The average Bonchev–Trinajstić information content (AvgIpc) is 2.15. The van der Waals surface area contributed by atoms with Gasteiger partial charge in [-0.15, -0.1) is 0 Å². The SMILES string of the molecule is CCC[I-]C(=O)C1CCCCC1. The molecule has 1 aliphatic carbocycles. The van der Waals surface area contributed by atoms with Crippen molar-refractivity contribution in [3.05, 3.63) is 0 Å². The van der Waals surface area contributed by atoms with Crippen LogP contribution in [0.2, 0.25) is 0 Å². The maximum atomic E-state index is 11.6. The van der Waals surface area contributed by atoms with Gasteiger partial charge in [-0.05, 0) is 0 Å². The minimum absolute atomic E-state index is 0.102. The molecule has 0 aromatic carbocycles. The minimum atomic E-state index is -0.102. The summed E-state index contributed by atoms with van der Waals surface area (Å²) in [6.45, 7) is 2.17. The van der Waals surface area contributed by atoms with Crippen LogP contribution >= 0.6 is 0 Å². The first-order valence-electron chi connectivity index (χ1n) is 4.97. The van der Waals surface area contributed by atoms with Gasteiger partial charge in [0.2, 0.25) is 0 Å². The van der Waals surface area contributed by atoms with E-state index in [1.54, 1.807) is 0 Å². The molecule has 12 heavy (non-hydrogen) atoms.